The number of phenolic OH excluding ortho intramolecular Hbond substituents is 2. The second-order valence-corrected chi connectivity index (χ2v) is 4.05. The third-order valence-corrected chi connectivity index (χ3v) is 2.36. The Morgan fingerprint density at radius 3 is 2.59 bits per heavy atom. The summed E-state index contributed by atoms with van der Waals surface area (Å²) < 4.78 is 4.81. The molecule has 0 fully saturated rings. The lowest BCUT2D eigenvalue weighted by molar-refractivity contribution is 0.0944. The zero-order valence-corrected chi connectivity index (χ0v) is 10.1. The Hall–Kier alpha value is -1.46. The molecule has 0 aliphatic heterocycles. The van der Waals surface area contributed by atoms with Gasteiger partial charge in [-0.1, -0.05) is 6.07 Å². The first-order valence-corrected chi connectivity index (χ1v) is 5.42. The summed E-state index contributed by atoms with van der Waals surface area (Å²) in [7, 11) is 1.51. The van der Waals surface area contributed by atoms with Crippen molar-refractivity contribution < 1.29 is 19.7 Å². The van der Waals surface area contributed by atoms with E-state index in [4.69, 9.17) is 16.3 Å². The van der Waals surface area contributed by atoms with Crippen molar-refractivity contribution in [2.24, 2.45) is 0 Å². The molecule has 3 N–H and O–H groups in total. The van der Waals surface area contributed by atoms with E-state index >= 15 is 0 Å². The van der Waals surface area contributed by atoms with Crippen molar-refractivity contribution in [2.75, 3.05) is 20.3 Å². The third-order valence-electron chi connectivity index (χ3n) is 2.08. The number of phenols is 2. The molecule has 1 amide bonds. The van der Waals surface area contributed by atoms with Crippen LogP contribution in [0, 0.1) is 0 Å². The molecule has 0 heterocycles. The molecule has 0 saturated heterocycles. The first-order chi connectivity index (χ1) is 8.06. The minimum Gasteiger partial charge on any atom is -0.507 e. The molecule has 1 atom stereocenters. The molecule has 1 aromatic carbocycles. The van der Waals surface area contributed by atoms with Gasteiger partial charge in [0.05, 0.1) is 12.0 Å². The van der Waals surface area contributed by atoms with Gasteiger partial charge in [0.15, 0.2) is 0 Å². The number of hydrogen-bond donors (Lipinski definition) is 3. The van der Waals surface area contributed by atoms with Crippen molar-refractivity contribution in [1.29, 1.82) is 0 Å². The highest BCUT2D eigenvalue weighted by atomic mass is 35.5. The summed E-state index contributed by atoms with van der Waals surface area (Å²) in [4.78, 5) is 11.7. The second kappa shape index (κ2) is 6.32. The molecule has 94 valence electrons. The Bertz CT molecular complexity index is 377. The Morgan fingerprint density at radius 2 is 2.06 bits per heavy atom. The number of halogens is 1. The summed E-state index contributed by atoms with van der Waals surface area (Å²) in [5.41, 5.74) is -0.159. The SMILES string of the molecule is COCC(Cl)CNC(=O)c1c(O)cccc1O. The molecule has 5 nitrogen and oxygen atoms in total. The van der Waals surface area contributed by atoms with Crippen molar-refractivity contribution >= 4 is 17.5 Å². The second-order valence-electron chi connectivity index (χ2n) is 3.43. The van der Waals surface area contributed by atoms with E-state index in [0.717, 1.165) is 0 Å². The molecule has 1 rings (SSSR count). The van der Waals surface area contributed by atoms with Gasteiger partial charge < -0.3 is 20.3 Å². The van der Waals surface area contributed by atoms with Crippen LogP contribution < -0.4 is 5.32 Å². The van der Waals surface area contributed by atoms with Gasteiger partial charge in [0, 0.05) is 13.7 Å². The lowest BCUT2D eigenvalue weighted by Crippen LogP contribution is -2.31. The summed E-state index contributed by atoms with van der Waals surface area (Å²) in [6.07, 6.45) is 0. The zero-order chi connectivity index (χ0) is 12.8. The van der Waals surface area contributed by atoms with Crippen molar-refractivity contribution in [1.82, 2.24) is 5.32 Å². The predicted molar refractivity (Wildman–Crippen MR) is 63.6 cm³/mol. The van der Waals surface area contributed by atoms with Gasteiger partial charge in [0.25, 0.3) is 5.91 Å². The van der Waals surface area contributed by atoms with Crippen molar-refractivity contribution in [3.63, 3.8) is 0 Å². The van der Waals surface area contributed by atoms with Crippen LogP contribution in [0.25, 0.3) is 0 Å². The first kappa shape index (κ1) is 13.6. The van der Waals surface area contributed by atoms with E-state index in [1.165, 1.54) is 25.3 Å². The Balaban J connectivity index is 2.64. The van der Waals surface area contributed by atoms with Gasteiger partial charge in [-0.05, 0) is 12.1 Å². The predicted octanol–water partition coefficient (Wildman–Crippen LogP) is 1.08. The number of aromatic hydroxyl groups is 2. The molecular formula is C11H14ClNO4. The number of amides is 1. The largest absolute Gasteiger partial charge is 0.507 e. The highest BCUT2D eigenvalue weighted by Gasteiger charge is 2.16. The molecule has 0 saturated carbocycles. The Morgan fingerprint density at radius 1 is 1.47 bits per heavy atom. The molecule has 1 aromatic rings. The number of hydrogen-bond acceptors (Lipinski definition) is 4. The summed E-state index contributed by atoms with van der Waals surface area (Å²) >= 11 is 5.83. The smallest absolute Gasteiger partial charge is 0.258 e. The summed E-state index contributed by atoms with van der Waals surface area (Å²) in [6.45, 7) is 0.483. The van der Waals surface area contributed by atoms with Gasteiger partial charge in [-0.25, -0.2) is 0 Å². The number of carbonyl (C=O) groups excluding carboxylic acids is 1. The van der Waals surface area contributed by atoms with Gasteiger partial charge in [-0.3, -0.25) is 4.79 Å². The van der Waals surface area contributed by atoms with Crippen LogP contribution in [0.3, 0.4) is 0 Å². The molecule has 0 aliphatic rings. The number of ether oxygens (including phenoxy) is 1. The molecule has 1 unspecified atom stereocenters. The van der Waals surface area contributed by atoms with Crippen molar-refractivity contribution in [2.45, 2.75) is 5.38 Å². The Labute approximate surface area is 104 Å². The highest BCUT2D eigenvalue weighted by Crippen LogP contribution is 2.25. The van der Waals surface area contributed by atoms with E-state index in [1.54, 1.807) is 0 Å². The normalized spacial score (nSPS) is 12.1. The topological polar surface area (TPSA) is 78.8 Å². The van der Waals surface area contributed by atoms with Crippen LogP contribution in [0.15, 0.2) is 18.2 Å². The van der Waals surface area contributed by atoms with E-state index in [1.807, 2.05) is 0 Å². The average molecular weight is 260 g/mol. The highest BCUT2D eigenvalue weighted by molar-refractivity contribution is 6.21. The standard InChI is InChI=1S/C11H14ClNO4/c1-17-6-7(12)5-13-11(16)10-8(14)3-2-4-9(10)15/h2-4,7,14-15H,5-6H2,1H3,(H,13,16). The molecule has 0 aromatic heterocycles. The lowest BCUT2D eigenvalue weighted by Gasteiger charge is -2.11. The number of nitrogens with one attached hydrogen (secondary N) is 1. The monoisotopic (exact) mass is 259 g/mol. The number of carbonyl (C=O) groups is 1. The quantitative estimate of drug-likeness (QED) is 0.692. The maximum absolute atomic E-state index is 11.7. The minimum absolute atomic E-state index is 0.159. The molecule has 0 spiro atoms. The first-order valence-electron chi connectivity index (χ1n) is 4.98. The van der Waals surface area contributed by atoms with E-state index in [0.29, 0.717) is 6.61 Å². The fourth-order valence-corrected chi connectivity index (χ4v) is 1.50. The van der Waals surface area contributed by atoms with E-state index in [2.05, 4.69) is 5.32 Å². The zero-order valence-electron chi connectivity index (χ0n) is 9.31. The van der Waals surface area contributed by atoms with Crippen LogP contribution in [-0.4, -0.2) is 41.8 Å². The molecule has 6 heteroatoms. The third kappa shape index (κ3) is 3.80. The number of alkyl halides is 1. The lowest BCUT2D eigenvalue weighted by atomic mass is 10.1. The average Bonchev–Trinajstić information content (AvgIpc) is 2.26. The van der Waals surface area contributed by atoms with Gasteiger partial charge in [0.1, 0.15) is 17.1 Å². The summed E-state index contributed by atoms with van der Waals surface area (Å²) in [5.74, 6) is -1.14. The van der Waals surface area contributed by atoms with E-state index in [9.17, 15) is 15.0 Å². The Kier molecular flexibility index (Phi) is 5.06. The maximum atomic E-state index is 11.7. The van der Waals surface area contributed by atoms with Gasteiger partial charge in [0.2, 0.25) is 0 Å². The maximum Gasteiger partial charge on any atom is 0.258 e. The van der Waals surface area contributed by atoms with Crippen molar-refractivity contribution in [3.8, 4) is 11.5 Å². The van der Waals surface area contributed by atoms with Crippen LogP contribution in [0.5, 0.6) is 11.5 Å². The van der Waals surface area contributed by atoms with Crippen LogP contribution >= 0.6 is 11.6 Å². The fourth-order valence-electron chi connectivity index (χ4n) is 1.29. The number of methoxy groups -OCH3 is 1. The van der Waals surface area contributed by atoms with Crippen LogP contribution in [0.2, 0.25) is 0 Å². The van der Waals surface area contributed by atoms with Gasteiger partial charge in [-0.2, -0.15) is 0 Å². The molecular weight excluding hydrogens is 246 g/mol. The summed E-state index contributed by atoms with van der Waals surface area (Å²) in [6, 6.07) is 4.08. The van der Waals surface area contributed by atoms with Crippen LogP contribution in [-0.2, 0) is 4.74 Å². The van der Waals surface area contributed by atoms with Crippen LogP contribution in [0.4, 0.5) is 0 Å². The van der Waals surface area contributed by atoms with Crippen LogP contribution in [0.1, 0.15) is 10.4 Å². The van der Waals surface area contributed by atoms with Crippen molar-refractivity contribution in [3.05, 3.63) is 23.8 Å². The van der Waals surface area contributed by atoms with E-state index in [-0.39, 0.29) is 29.0 Å². The molecule has 0 radical (unpaired) electrons. The molecule has 0 aliphatic carbocycles. The van der Waals surface area contributed by atoms with E-state index < -0.39 is 5.91 Å². The fraction of sp³-hybridized carbons (Fsp3) is 0.364. The van der Waals surface area contributed by atoms with Gasteiger partial charge in [-0.15, -0.1) is 11.6 Å². The number of benzene rings is 1. The minimum atomic E-state index is -0.581. The molecule has 17 heavy (non-hydrogen) atoms. The molecule has 0 bridgehead atoms. The number of rotatable bonds is 5. The summed E-state index contributed by atoms with van der Waals surface area (Å²) in [5, 5.41) is 21.0. The van der Waals surface area contributed by atoms with Gasteiger partial charge >= 0.3 is 0 Å².